The molecular formula is C23H25F3N2O3. The van der Waals surface area contributed by atoms with Gasteiger partial charge in [0.2, 0.25) is 5.91 Å². The van der Waals surface area contributed by atoms with Gasteiger partial charge in [0.25, 0.3) is 0 Å². The number of hydrogen-bond donors (Lipinski definition) is 1. The first kappa shape index (κ1) is 21.6. The summed E-state index contributed by atoms with van der Waals surface area (Å²) < 4.78 is 51.8. The smallest absolute Gasteiger partial charge is 0.417 e. The van der Waals surface area contributed by atoms with Crippen LogP contribution in [0, 0.1) is 0 Å². The average molecular weight is 434 g/mol. The van der Waals surface area contributed by atoms with Gasteiger partial charge in [0, 0.05) is 25.1 Å². The van der Waals surface area contributed by atoms with Crippen molar-refractivity contribution in [2.24, 2.45) is 0 Å². The van der Waals surface area contributed by atoms with Crippen LogP contribution in [0.3, 0.4) is 0 Å². The molecule has 0 aromatic heterocycles. The van der Waals surface area contributed by atoms with E-state index in [1.807, 2.05) is 13.0 Å². The summed E-state index contributed by atoms with van der Waals surface area (Å²) in [4.78, 5) is 14.6. The van der Waals surface area contributed by atoms with Crippen LogP contribution in [-0.4, -0.2) is 55.8 Å². The summed E-state index contributed by atoms with van der Waals surface area (Å²) in [6, 6.07) is 10.5. The first-order valence-electron chi connectivity index (χ1n) is 10.4. The van der Waals surface area contributed by atoms with Crippen LogP contribution in [0.1, 0.15) is 18.1 Å². The zero-order valence-corrected chi connectivity index (χ0v) is 17.2. The van der Waals surface area contributed by atoms with E-state index in [-0.39, 0.29) is 23.6 Å². The van der Waals surface area contributed by atoms with Gasteiger partial charge in [0.15, 0.2) is 0 Å². The molecule has 8 heteroatoms. The van der Waals surface area contributed by atoms with E-state index in [1.165, 1.54) is 12.1 Å². The van der Waals surface area contributed by atoms with E-state index in [0.717, 1.165) is 11.6 Å². The van der Waals surface area contributed by atoms with Crippen molar-refractivity contribution in [3.05, 3.63) is 53.6 Å². The van der Waals surface area contributed by atoms with Crippen LogP contribution in [-0.2, 0) is 22.1 Å². The van der Waals surface area contributed by atoms with Gasteiger partial charge in [0.05, 0.1) is 31.4 Å². The SMILES string of the molecule is C[C@@H](C(=O)NC[C@@H]1Cc2cccc(-c3ccccc3C(F)(F)F)c2O1)N1CCOCC1. The molecule has 0 saturated carbocycles. The Balaban J connectivity index is 1.45. The van der Waals surface area contributed by atoms with Crippen LogP contribution >= 0.6 is 0 Å². The van der Waals surface area contributed by atoms with Gasteiger partial charge < -0.3 is 14.8 Å². The van der Waals surface area contributed by atoms with Crippen LogP contribution in [0.2, 0.25) is 0 Å². The van der Waals surface area contributed by atoms with Crippen molar-refractivity contribution in [3.63, 3.8) is 0 Å². The van der Waals surface area contributed by atoms with Crippen LogP contribution in [0.25, 0.3) is 11.1 Å². The fourth-order valence-corrected chi connectivity index (χ4v) is 4.12. The second kappa shape index (κ2) is 8.88. The lowest BCUT2D eigenvalue weighted by molar-refractivity contribution is -0.137. The molecule has 1 amide bonds. The van der Waals surface area contributed by atoms with Crippen molar-refractivity contribution in [3.8, 4) is 16.9 Å². The monoisotopic (exact) mass is 434 g/mol. The molecule has 1 N–H and O–H groups in total. The number of benzene rings is 2. The molecule has 0 aliphatic carbocycles. The Morgan fingerprint density at radius 1 is 1.13 bits per heavy atom. The zero-order chi connectivity index (χ0) is 22.0. The summed E-state index contributed by atoms with van der Waals surface area (Å²) in [5, 5.41) is 2.92. The predicted octanol–water partition coefficient (Wildman–Crippen LogP) is 3.51. The molecule has 2 aliphatic heterocycles. The van der Waals surface area contributed by atoms with Crippen molar-refractivity contribution < 1.29 is 27.4 Å². The van der Waals surface area contributed by atoms with E-state index in [4.69, 9.17) is 9.47 Å². The van der Waals surface area contributed by atoms with Gasteiger partial charge in [-0.3, -0.25) is 9.69 Å². The molecular weight excluding hydrogens is 409 g/mol. The summed E-state index contributed by atoms with van der Waals surface area (Å²) in [5.41, 5.74) is 0.663. The number of morpholine rings is 1. The third kappa shape index (κ3) is 4.70. The Bertz CT molecular complexity index is 942. The molecule has 2 atom stereocenters. The van der Waals surface area contributed by atoms with Gasteiger partial charge in [-0.1, -0.05) is 36.4 Å². The summed E-state index contributed by atoms with van der Waals surface area (Å²) in [5.74, 6) is 0.365. The van der Waals surface area contributed by atoms with Gasteiger partial charge in [0.1, 0.15) is 11.9 Å². The number of rotatable bonds is 5. The first-order valence-corrected chi connectivity index (χ1v) is 10.4. The Morgan fingerprint density at radius 3 is 2.58 bits per heavy atom. The molecule has 5 nitrogen and oxygen atoms in total. The fourth-order valence-electron chi connectivity index (χ4n) is 4.12. The normalized spacial score (nSPS) is 20.1. The molecule has 31 heavy (non-hydrogen) atoms. The number of hydrogen-bond acceptors (Lipinski definition) is 4. The fraction of sp³-hybridized carbons (Fsp3) is 0.435. The minimum atomic E-state index is -4.46. The van der Waals surface area contributed by atoms with Gasteiger partial charge in [-0.05, 0) is 24.1 Å². The number of carbonyl (C=O) groups excluding carboxylic acids is 1. The molecule has 166 valence electrons. The lowest BCUT2D eigenvalue weighted by atomic mass is 9.96. The number of ether oxygens (including phenoxy) is 2. The minimum Gasteiger partial charge on any atom is -0.487 e. The van der Waals surface area contributed by atoms with Crippen LogP contribution < -0.4 is 10.1 Å². The standard InChI is InChI=1S/C23H25F3N2O3/c1-15(28-9-11-30-12-10-28)22(29)27-14-17-13-16-5-4-7-19(21(16)31-17)18-6-2-3-8-20(18)23(24,25)26/h2-8,15,17H,9-14H2,1H3,(H,27,29)/t15-,17-/m0/s1. The number of halogens is 3. The van der Waals surface area contributed by atoms with Gasteiger partial charge in [-0.2, -0.15) is 13.2 Å². The summed E-state index contributed by atoms with van der Waals surface area (Å²) in [6.45, 7) is 4.80. The lowest BCUT2D eigenvalue weighted by Gasteiger charge is -2.31. The molecule has 2 aromatic carbocycles. The summed E-state index contributed by atoms with van der Waals surface area (Å²) in [7, 11) is 0. The number of nitrogens with one attached hydrogen (secondary N) is 1. The summed E-state index contributed by atoms with van der Waals surface area (Å²) >= 11 is 0. The molecule has 1 fully saturated rings. The molecule has 1 saturated heterocycles. The quantitative estimate of drug-likeness (QED) is 0.783. The van der Waals surface area contributed by atoms with Crippen LogP contribution in [0.4, 0.5) is 13.2 Å². The van der Waals surface area contributed by atoms with E-state index in [0.29, 0.717) is 50.6 Å². The number of nitrogens with zero attached hydrogens (tertiary/aromatic N) is 1. The first-order chi connectivity index (χ1) is 14.8. The molecule has 2 aromatic rings. The average Bonchev–Trinajstić information content (AvgIpc) is 3.20. The molecule has 0 radical (unpaired) electrons. The van der Waals surface area contributed by atoms with Gasteiger partial charge >= 0.3 is 6.18 Å². The Labute approximate surface area is 179 Å². The van der Waals surface area contributed by atoms with E-state index in [1.54, 1.807) is 18.2 Å². The molecule has 0 spiro atoms. The number of amides is 1. The van der Waals surface area contributed by atoms with Gasteiger partial charge in [-0.25, -0.2) is 0 Å². The largest absolute Gasteiger partial charge is 0.487 e. The highest BCUT2D eigenvalue weighted by Gasteiger charge is 2.35. The lowest BCUT2D eigenvalue weighted by Crippen LogP contribution is -2.50. The van der Waals surface area contributed by atoms with Crippen molar-refractivity contribution in [1.29, 1.82) is 0 Å². The van der Waals surface area contributed by atoms with E-state index < -0.39 is 11.7 Å². The van der Waals surface area contributed by atoms with Gasteiger partial charge in [-0.15, -0.1) is 0 Å². The van der Waals surface area contributed by atoms with E-state index in [2.05, 4.69) is 10.2 Å². The molecule has 4 rings (SSSR count). The second-order valence-electron chi connectivity index (χ2n) is 7.85. The highest BCUT2D eigenvalue weighted by atomic mass is 19.4. The van der Waals surface area contributed by atoms with Crippen molar-refractivity contribution in [2.75, 3.05) is 32.8 Å². The van der Waals surface area contributed by atoms with E-state index in [9.17, 15) is 18.0 Å². The van der Waals surface area contributed by atoms with E-state index >= 15 is 0 Å². The maximum Gasteiger partial charge on any atom is 0.417 e. The van der Waals surface area contributed by atoms with Crippen LogP contribution in [0.5, 0.6) is 5.75 Å². The number of fused-ring (bicyclic) bond motifs is 1. The van der Waals surface area contributed by atoms with Crippen molar-refractivity contribution in [2.45, 2.75) is 31.7 Å². The topological polar surface area (TPSA) is 50.8 Å². The van der Waals surface area contributed by atoms with Crippen molar-refractivity contribution >= 4 is 5.91 Å². The third-order valence-electron chi connectivity index (χ3n) is 5.83. The Kier molecular flexibility index (Phi) is 6.20. The zero-order valence-electron chi connectivity index (χ0n) is 17.2. The maximum atomic E-state index is 13.5. The van der Waals surface area contributed by atoms with Crippen molar-refractivity contribution in [1.82, 2.24) is 10.2 Å². The summed E-state index contributed by atoms with van der Waals surface area (Å²) in [6.07, 6.45) is -4.25. The number of carbonyl (C=O) groups is 1. The highest BCUT2D eigenvalue weighted by Crippen LogP contribution is 2.43. The number of para-hydroxylation sites is 1. The highest BCUT2D eigenvalue weighted by molar-refractivity contribution is 5.81. The molecule has 2 aliphatic rings. The second-order valence-corrected chi connectivity index (χ2v) is 7.85. The molecule has 0 bridgehead atoms. The van der Waals surface area contributed by atoms with Crippen LogP contribution in [0.15, 0.2) is 42.5 Å². The molecule has 0 unspecified atom stereocenters. The maximum absolute atomic E-state index is 13.5. The number of alkyl halides is 3. The molecule has 2 heterocycles. The predicted molar refractivity (Wildman–Crippen MR) is 110 cm³/mol. The minimum absolute atomic E-state index is 0.0934. The Morgan fingerprint density at radius 2 is 1.84 bits per heavy atom. The Hall–Kier alpha value is -2.58. The third-order valence-corrected chi connectivity index (χ3v) is 5.83.